The van der Waals surface area contributed by atoms with E-state index in [1.807, 2.05) is 0 Å². The highest BCUT2D eigenvalue weighted by molar-refractivity contribution is 5.79. The lowest BCUT2D eigenvalue weighted by Gasteiger charge is -2.30. The summed E-state index contributed by atoms with van der Waals surface area (Å²) in [4.78, 5) is 8.04. The Hall–Kier alpha value is -2.03. The van der Waals surface area contributed by atoms with E-state index >= 15 is 0 Å². The van der Waals surface area contributed by atoms with Gasteiger partial charge >= 0.3 is 6.18 Å². The summed E-state index contributed by atoms with van der Waals surface area (Å²) in [6, 6.07) is 3.21. The first kappa shape index (κ1) is 22.3. The van der Waals surface area contributed by atoms with Gasteiger partial charge in [0.15, 0.2) is 12.6 Å². The summed E-state index contributed by atoms with van der Waals surface area (Å²) in [6.45, 7) is 0.594. The Bertz CT molecular complexity index is 632. The van der Waals surface area contributed by atoms with E-state index in [-0.39, 0.29) is 11.3 Å². The molecule has 0 aliphatic heterocycles. The van der Waals surface area contributed by atoms with Crippen molar-refractivity contribution in [2.75, 3.05) is 33.9 Å². The van der Waals surface area contributed by atoms with Crippen LogP contribution in [-0.2, 0) is 11.3 Å². The molecule has 28 heavy (non-hydrogen) atoms. The van der Waals surface area contributed by atoms with Crippen LogP contribution in [0.3, 0.4) is 0 Å². The van der Waals surface area contributed by atoms with E-state index in [9.17, 15) is 13.2 Å². The third kappa shape index (κ3) is 7.53. The summed E-state index contributed by atoms with van der Waals surface area (Å²) in [5, 5.41) is 6.56. The van der Waals surface area contributed by atoms with Crippen LogP contribution < -0.4 is 15.4 Å². The van der Waals surface area contributed by atoms with Crippen LogP contribution in [0, 0.1) is 5.41 Å². The van der Waals surface area contributed by atoms with Crippen LogP contribution in [0.15, 0.2) is 23.3 Å². The molecule has 1 aromatic rings. The van der Waals surface area contributed by atoms with Gasteiger partial charge in [0.2, 0.25) is 5.88 Å². The molecule has 0 bridgehead atoms. The van der Waals surface area contributed by atoms with E-state index < -0.39 is 12.8 Å². The van der Waals surface area contributed by atoms with Gasteiger partial charge in [0, 0.05) is 46.1 Å². The van der Waals surface area contributed by atoms with Gasteiger partial charge in [-0.15, -0.1) is 0 Å². The molecule has 1 aromatic heterocycles. The zero-order chi connectivity index (χ0) is 20.5. The van der Waals surface area contributed by atoms with Crippen LogP contribution in [0.4, 0.5) is 13.2 Å². The molecule has 9 heteroatoms. The highest BCUT2D eigenvalue weighted by Crippen LogP contribution is 2.40. The fraction of sp³-hybridized carbons (Fsp3) is 0.684. The van der Waals surface area contributed by atoms with E-state index in [2.05, 4.69) is 25.3 Å². The maximum atomic E-state index is 12.3. The van der Waals surface area contributed by atoms with Crippen molar-refractivity contribution in [1.29, 1.82) is 0 Å². The first-order valence-electron chi connectivity index (χ1n) is 9.44. The summed E-state index contributed by atoms with van der Waals surface area (Å²) in [5.41, 5.74) is 0.980. The van der Waals surface area contributed by atoms with Crippen LogP contribution in [0.2, 0.25) is 0 Å². The van der Waals surface area contributed by atoms with Gasteiger partial charge in [0.1, 0.15) is 0 Å². The second-order valence-electron chi connectivity index (χ2n) is 7.14. The van der Waals surface area contributed by atoms with Crippen LogP contribution >= 0.6 is 0 Å². The van der Waals surface area contributed by atoms with E-state index in [1.165, 1.54) is 37.9 Å². The fourth-order valence-corrected chi connectivity index (χ4v) is 3.43. The van der Waals surface area contributed by atoms with Crippen LogP contribution in [-0.4, -0.2) is 51.0 Å². The maximum absolute atomic E-state index is 12.3. The average Bonchev–Trinajstić information content (AvgIpc) is 3.14. The van der Waals surface area contributed by atoms with Gasteiger partial charge in [0.25, 0.3) is 0 Å². The normalized spacial score (nSPS) is 16.8. The molecular weight excluding hydrogens is 373 g/mol. The molecular formula is C19H29F3N4O2. The molecule has 1 heterocycles. The number of ether oxygens (including phenoxy) is 2. The van der Waals surface area contributed by atoms with Gasteiger partial charge in [0.05, 0.1) is 0 Å². The van der Waals surface area contributed by atoms with Crippen molar-refractivity contribution in [2.24, 2.45) is 10.4 Å². The summed E-state index contributed by atoms with van der Waals surface area (Å²) in [6.07, 6.45) is 2.86. The van der Waals surface area contributed by atoms with Crippen molar-refractivity contribution < 1.29 is 22.6 Å². The molecule has 0 radical (unpaired) electrons. The average molecular weight is 402 g/mol. The number of hydrogen-bond donors (Lipinski definition) is 2. The van der Waals surface area contributed by atoms with Crippen molar-refractivity contribution in [2.45, 2.75) is 44.8 Å². The quantitative estimate of drug-likeness (QED) is 0.490. The fourth-order valence-electron chi connectivity index (χ4n) is 3.43. The highest BCUT2D eigenvalue weighted by atomic mass is 19.4. The minimum atomic E-state index is -4.39. The Morgan fingerprint density at radius 1 is 1.29 bits per heavy atom. The van der Waals surface area contributed by atoms with E-state index in [4.69, 9.17) is 4.74 Å². The van der Waals surface area contributed by atoms with Gasteiger partial charge < -0.3 is 20.1 Å². The zero-order valence-electron chi connectivity index (χ0n) is 16.4. The monoisotopic (exact) mass is 402 g/mol. The van der Waals surface area contributed by atoms with Crippen LogP contribution in [0.5, 0.6) is 5.88 Å². The number of pyridine rings is 1. The number of aromatic nitrogens is 1. The lowest BCUT2D eigenvalue weighted by molar-refractivity contribution is -0.154. The molecule has 0 aromatic carbocycles. The topological polar surface area (TPSA) is 67.8 Å². The Labute approximate surface area is 163 Å². The predicted octanol–water partition coefficient (Wildman–Crippen LogP) is 3.28. The number of rotatable bonds is 9. The number of guanidine groups is 1. The van der Waals surface area contributed by atoms with E-state index in [0.29, 0.717) is 12.5 Å². The summed E-state index contributed by atoms with van der Waals surface area (Å²) >= 11 is 0. The largest absolute Gasteiger partial charge is 0.468 e. The lowest BCUT2D eigenvalue weighted by atomic mass is 9.83. The van der Waals surface area contributed by atoms with E-state index in [1.54, 1.807) is 20.2 Å². The number of hydrogen-bond acceptors (Lipinski definition) is 4. The van der Waals surface area contributed by atoms with E-state index in [0.717, 1.165) is 25.1 Å². The molecule has 0 spiro atoms. The number of halogens is 3. The highest BCUT2D eigenvalue weighted by Gasteiger charge is 2.33. The number of nitrogens with one attached hydrogen (secondary N) is 2. The number of methoxy groups -OCH3 is 1. The Morgan fingerprint density at radius 2 is 2.04 bits per heavy atom. The van der Waals surface area contributed by atoms with Gasteiger partial charge in [-0.05, 0) is 36.3 Å². The minimum absolute atomic E-state index is 0.0518. The number of nitrogens with zero attached hydrogens (tertiary/aromatic N) is 2. The zero-order valence-corrected chi connectivity index (χ0v) is 16.4. The molecule has 6 nitrogen and oxygen atoms in total. The summed E-state index contributed by atoms with van der Waals surface area (Å²) in [7, 11) is 3.41. The second-order valence-corrected chi connectivity index (χ2v) is 7.14. The van der Waals surface area contributed by atoms with Crippen molar-refractivity contribution in [1.82, 2.24) is 15.6 Å². The molecule has 2 N–H and O–H groups in total. The first-order chi connectivity index (χ1) is 13.4. The molecule has 0 unspecified atom stereocenters. The maximum Gasteiger partial charge on any atom is 0.422 e. The molecule has 0 saturated heterocycles. The minimum Gasteiger partial charge on any atom is -0.468 e. The van der Waals surface area contributed by atoms with Gasteiger partial charge in [-0.3, -0.25) is 4.99 Å². The second kappa shape index (κ2) is 10.5. The van der Waals surface area contributed by atoms with Crippen molar-refractivity contribution in [3.05, 3.63) is 23.9 Å². The molecule has 0 atom stereocenters. The third-order valence-electron chi connectivity index (χ3n) is 5.00. The molecule has 1 aliphatic carbocycles. The van der Waals surface area contributed by atoms with Crippen molar-refractivity contribution in [3.63, 3.8) is 0 Å². The van der Waals surface area contributed by atoms with Gasteiger partial charge in [-0.1, -0.05) is 12.8 Å². The lowest BCUT2D eigenvalue weighted by Crippen LogP contribution is -2.43. The molecule has 0 amide bonds. The van der Waals surface area contributed by atoms with Crippen LogP contribution in [0.25, 0.3) is 0 Å². The Kier molecular flexibility index (Phi) is 8.35. The Morgan fingerprint density at radius 3 is 2.68 bits per heavy atom. The molecule has 1 fully saturated rings. The van der Waals surface area contributed by atoms with Gasteiger partial charge in [-0.25, -0.2) is 4.98 Å². The SMILES string of the molecule is CN=C(NCc1ccnc(OCC(F)(F)F)c1)NCC1(CCOC)CCCC1. The molecule has 2 rings (SSSR count). The smallest absolute Gasteiger partial charge is 0.422 e. The first-order valence-corrected chi connectivity index (χ1v) is 9.44. The van der Waals surface area contributed by atoms with Crippen molar-refractivity contribution in [3.8, 4) is 5.88 Å². The molecule has 1 saturated carbocycles. The van der Waals surface area contributed by atoms with Crippen LogP contribution in [0.1, 0.15) is 37.7 Å². The Balaban J connectivity index is 1.85. The summed E-state index contributed by atoms with van der Waals surface area (Å²) in [5.74, 6) is 0.599. The summed E-state index contributed by atoms with van der Waals surface area (Å²) < 4.78 is 46.7. The number of aliphatic imine (C=N–C) groups is 1. The van der Waals surface area contributed by atoms with Gasteiger partial charge in [-0.2, -0.15) is 13.2 Å². The molecule has 158 valence electrons. The number of alkyl halides is 3. The predicted molar refractivity (Wildman–Crippen MR) is 101 cm³/mol. The standard InChI is InChI=1S/C19H29F3N4O2/c1-23-17(26-13-18(8-10-27-2)6-3-4-7-18)25-12-15-5-9-24-16(11-15)28-14-19(20,21)22/h5,9,11H,3-4,6-8,10,12-14H2,1-2H3,(H2,23,25,26). The molecule has 1 aliphatic rings. The van der Waals surface area contributed by atoms with Crippen molar-refractivity contribution >= 4 is 5.96 Å². The third-order valence-corrected chi connectivity index (χ3v) is 5.00.